The van der Waals surface area contributed by atoms with E-state index in [1.165, 1.54) is 18.5 Å². The van der Waals surface area contributed by atoms with Crippen LogP contribution in [0.15, 0.2) is 22.9 Å². The molecule has 0 unspecified atom stereocenters. The van der Waals surface area contributed by atoms with Crippen molar-refractivity contribution in [3.8, 4) is 0 Å². The second kappa shape index (κ2) is 6.86. The largest absolute Gasteiger partial charge is 0.356 e. The molecule has 0 amide bonds. The average molecular weight is 420 g/mol. The van der Waals surface area contributed by atoms with E-state index in [2.05, 4.69) is 46.2 Å². The normalized spacial score (nSPS) is 16.0. The number of hydrogen-bond acceptors (Lipinski definition) is 6. The van der Waals surface area contributed by atoms with Gasteiger partial charge in [0.15, 0.2) is 5.82 Å². The molecule has 1 saturated heterocycles. The first-order chi connectivity index (χ1) is 12.5. The van der Waals surface area contributed by atoms with Crippen molar-refractivity contribution in [3.05, 3.63) is 34.6 Å². The van der Waals surface area contributed by atoms with Crippen LogP contribution in [0.4, 0.5) is 10.2 Å². The Morgan fingerprint density at radius 3 is 2.65 bits per heavy atom. The molecule has 1 aliphatic rings. The molecule has 1 fully saturated rings. The van der Waals surface area contributed by atoms with Crippen molar-refractivity contribution in [1.82, 2.24) is 30.2 Å². The molecule has 136 valence electrons. The molecule has 0 N–H and O–H groups in total. The van der Waals surface area contributed by atoms with Gasteiger partial charge in [-0.15, -0.1) is 10.2 Å². The van der Waals surface area contributed by atoms with Crippen molar-refractivity contribution in [2.75, 3.05) is 18.0 Å². The molecule has 1 aliphatic heterocycles. The van der Waals surface area contributed by atoms with E-state index in [9.17, 15) is 4.39 Å². The van der Waals surface area contributed by atoms with E-state index in [1.54, 1.807) is 4.80 Å². The molecule has 26 heavy (non-hydrogen) atoms. The van der Waals surface area contributed by atoms with Gasteiger partial charge in [-0.3, -0.25) is 0 Å². The number of anilines is 1. The Morgan fingerprint density at radius 2 is 1.96 bits per heavy atom. The Bertz CT molecular complexity index is 934. The topological polar surface area (TPSA) is 72.6 Å². The second-order valence-electron chi connectivity index (χ2n) is 6.80. The number of benzene rings is 1. The molecule has 9 heteroatoms. The summed E-state index contributed by atoms with van der Waals surface area (Å²) < 4.78 is 14.5. The Hall–Kier alpha value is -2.16. The highest BCUT2D eigenvalue weighted by atomic mass is 79.9. The molecular weight excluding hydrogens is 401 g/mol. The Morgan fingerprint density at radius 1 is 1.19 bits per heavy atom. The highest BCUT2D eigenvalue weighted by molar-refractivity contribution is 9.10. The highest BCUT2D eigenvalue weighted by Crippen LogP contribution is 2.33. The summed E-state index contributed by atoms with van der Waals surface area (Å²) in [5, 5.41) is 13.6. The van der Waals surface area contributed by atoms with Crippen molar-refractivity contribution in [2.24, 2.45) is 0 Å². The van der Waals surface area contributed by atoms with Gasteiger partial charge in [-0.2, -0.15) is 4.80 Å². The molecule has 7 nitrogen and oxygen atoms in total. The maximum atomic E-state index is 13.9. The van der Waals surface area contributed by atoms with E-state index in [-0.39, 0.29) is 17.8 Å². The van der Waals surface area contributed by atoms with Crippen molar-refractivity contribution >= 4 is 32.7 Å². The van der Waals surface area contributed by atoms with Crippen molar-refractivity contribution in [2.45, 2.75) is 38.6 Å². The number of fused-ring (bicyclic) bond motifs is 1. The molecule has 0 saturated carbocycles. The minimum Gasteiger partial charge on any atom is -0.356 e. The zero-order valence-electron chi connectivity index (χ0n) is 14.6. The van der Waals surface area contributed by atoms with Crippen LogP contribution in [-0.4, -0.2) is 43.3 Å². The smallest absolute Gasteiger partial charge is 0.178 e. The number of aromatic nitrogens is 6. The fraction of sp³-hybridized carbons (Fsp3) is 0.471. The van der Waals surface area contributed by atoms with Gasteiger partial charge >= 0.3 is 0 Å². The molecule has 0 radical (unpaired) electrons. The predicted octanol–water partition coefficient (Wildman–Crippen LogP) is 3.48. The van der Waals surface area contributed by atoms with E-state index in [0.29, 0.717) is 4.47 Å². The summed E-state index contributed by atoms with van der Waals surface area (Å²) in [6.07, 6.45) is 3.35. The number of hydrogen-bond donors (Lipinski definition) is 0. The van der Waals surface area contributed by atoms with Gasteiger partial charge in [-0.05, 0) is 60.0 Å². The van der Waals surface area contributed by atoms with Crippen LogP contribution in [-0.2, 0) is 0 Å². The van der Waals surface area contributed by atoms with Crippen LogP contribution in [0.3, 0.4) is 0 Å². The maximum Gasteiger partial charge on any atom is 0.178 e. The summed E-state index contributed by atoms with van der Waals surface area (Å²) in [6.45, 7) is 5.68. The van der Waals surface area contributed by atoms with Crippen LogP contribution in [0, 0.1) is 5.82 Å². The van der Waals surface area contributed by atoms with Crippen LogP contribution in [0.1, 0.15) is 44.5 Å². The quantitative estimate of drug-likeness (QED) is 0.646. The molecule has 4 rings (SSSR count). The second-order valence-corrected chi connectivity index (χ2v) is 7.66. The number of halogens is 2. The van der Waals surface area contributed by atoms with E-state index in [0.717, 1.165) is 48.5 Å². The van der Waals surface area contributed by atoms with Crippen molar-refractivity contribution in [3.63, 3.8) is 0 Å². The Labute approximate surface area is 158 Å². The van der Waals surface area contributed by atoms with Gasteiger partial charge in [0.25, 0.3) is 0 Å². The van der Waals surface area contributed by atoms with Gasteiger partial charge in [0.1, 0.15) is 18.0 Å². The van der Waals surface area contributed by atoms with Crippen LogP contribution in [0.5, 0.6) is 0 Å². The van der Waals surface area contributed by atoms with Crippen LogP contribution in [0.25, 0.3) is 10.9 Å². The third-order valence-corrected chi connectivity index (χ3v) is 5.31. The fourth-order valence-corrected chi connectivity index (χ4v) is 3.83. The Kier molecular flexibility index (Phi) is 4.56. The van der Waals surface area contributed by atoms with Crippen molar-refractivity contribution < 1.29 is 4.39 Å². The molecular formula is C17H19BrFN7. The van der Waals surface area contributed by atoms with Crippen LogP contribution < -0.4 is 4.90 Å². The lowest BCUT2D eigenvalue weighted by Crippen LogP contribution is -2.34. The molecule has 1 aromatic carbocycles. The zero-order chi connectivity index (χ0) is 18.3. The standard InChI is InChI=1S/C17H19BrFN7/c1-10(2)26-23-16(22-24-26)11-3-5-25(6-4-11)17-13-7-12(19)8-14(18)15(13)20-9-21-17/h7-11H,3-6H2,1-2H3. The van der Waals surface area contributed by atoms with E-state index in [1.807, 2.05) is 13.8 Å². The monoisotopic (exact) mass is 419 g/mol. The van der Waals surface area contributed by atoms with Crippen LogP contribution >= 0.6 is 15.9 Å². The number of tetrazole rings is 1. The lowest BCUT2D eigenvalue weighted by molar-refractivity contribution is 0.444. The predicted molar refractivity (Wildman–Crippen MR) is 99.6 cm³/mol. The summed E-state index contributed by atoms with van der Waals surface area (Å²) in [6, 6.07) is 3.13. The van der Waals surface area contributed by atoms with Gasteiger partial charge in [-0.25, -0.2) is 14.4 Å². The first-order valence-electron chi connectivity index (χ1n) is 8.67. The zero-order valence-corrected chi connectivity index (χ0v) is 16.2. The van der Waals surface area contributed by atoms with Gasteiger partial charge < -0.3 is 4.90 Å². The van der Waals surface area contributed by atoms with E-state index < -0.39 is 0 Å². The first kappa shape index (κ1) is 17.3. The lowest BCUT2D eigenvalue weighted by Gasteiger charge is -2.32. The van der Waals surface area contributed by atoms with Crippen molar-refractivity contribution in [1.29, 1.82) is 0 Å². The third kappa shape index (κ3) is 3.15. The van der Waals surface area contributed by atoms with Gasteiger partial charge in [0.2, 0.25) is 0 Å². The van der Waals surface area contributed by atoms with Crippen LogP contribution in [0.2, 0.25) is 0 Å². The molecule has 2 aromatic heterocycles. The maximum absolute atomic E-state index is 13.9. The summed E-state index contributed by atoms with van der Waals surface area (Å²) >= 11 is 3.39. The van der Waals surface area contributed by atoms with Gasteiger partial charge in [0.05, 0.1) is 11.6 Å². The fourth-order valence-electron chi connectivity index (χ4n) is 3.30. The highest BCUT2D eigenvalue weighted by Gasteiger charge is 2.26. The summed E-state index contributed by atoms with van der Waals surface area (Å²) in [5.41, 5.74) is 0.722. The number of nitrogens with zero attached hydrogens (tertiary/aromatic N) is 7. The van der Waals surface area contributed by atoms with Gasteiger partial charge in [0, 0.05) is 28.9 Å². The molecule has 3 aromatic rings. The third-order valence-electron chi connectivity index (χ3n) is 4.70. The van der Waals surface area contributed by atoms with Gasteiger partial charge in [-0.1, -0.05) is 0 Å². The Balaban J connectivity index is 1.55. The molecule has 0 bridgehead atoms. The molecule has 3 heterocycles. The summed E-state index contributed by atoms with van der Waals surface area (Å²) in [5.74, 6) is 1.56. The first-order valence-corrected chi connectivity index (χ1v) is 9.46. The average Bonchev–Trinajstić information content (AvgIpc) is 3.12. The number of piperidine rings is 1. The molecule has 0 spiro atoms. The molecule has 0 atom stereocenters. The SMILES string of the molecule is CC(C)n1nnc(C2CCN(c3ncnc4c(Br)cc(F)cc34)CC2)n1. The lowest BCUT2D eigenvalue weighted by atomic mass is 9.96. The summed E-state index contributed by atoms with van der Waals surface area (Å²) in [7, 11) is 0. The minimum absolute atomic E-state index is 0.206. The summed E-state index contributed by atoms with van der Waals surface area (Å²) in [4.78, 5) is 12.5. The molecule has 0 aliphatic carbocycles. The van der Waals surface area contributed by atoms with E-state index in [4.69, 9.17) is 0 Å². The van der Waals surface area contributed by atoms with E-state index >= 15 is 0 Å². The number of rotatable bonds is 3. The minimum atomic E-state index is -0.301.